The largest absolute Gasteiger partial charge is 0.391 e. The summed E-state index contributed by atoms with van der Waals surface area (Å²) in [7, 11) is 0. The summed E-state index contributed by atoms with van der Waals surface area (Å²) in [4.78, 5) is 0. The van der Waals surface area contributed by atoms with Crippen LogP contribution in [-0.2, 0) is 4.74 Å². The third-order valence-corrected chi connectivity index (χ3v) is 4.58. The molecule has 1 aliphatic carbocycles. The molecule has 0 aromatic rings. The van der Waals surface area contributed by atoms with Crippen molar-refractivity contribution in [1.82, 2.24) is 5.43 Å². The number of alkyl halides is 3. The Morgan fingerprint density at radius 3 is 2.42 bits per heavy atom. The zero-order chi connectivity index (χ0) is 13.9. The van der Waals surface area contributed by atoms with E-state index in [1.54, 1.807) is 0 Å². The smallest absolute Gasteiger partial charge is 0.381 e. The molecular weight excluding hydrogens is 257 g/mol. The SMILES string of the molecule is NNC(C1CCCOC1)C1CCCC(C(F)(F)F)C1. The van der Waals surface area contributed by atoms with Gasteiger partial charge in [-0.2, -0.15) is 13.2 Å². The molecule has 0 amide bonds. The van der Waals surface area contributed by atoms with Crippen LogP contribution in [0.2, 0.25) is 0 Å². The maximum atomic E-state index is 12.8. The molecule has 0 aromatic heterocycles. The molecular formula is C13H23F3N2O. The highest BCUT2D eigenvalue weighted by Gasteiger charge is 2.44. The monoisotopic (exact) mass is 280 g/mol. The standard InChI is InChI=1S/C13H23F3N2O/c14-13(15,16)11-5-1-3-9(7-11)12(18-17)10-4-2-6-19-8-10/h9-12,18H,1-8,17H2. The van der Waals surface area contributed by atoms with E-state index in [-0.39, 0.29) is 30.7 Å². The van der Waals surface area contributed by atoms with Gasteiger partial charge < -0.3 is 4.74 Å². The van der Waals surface area contributed by atoms with Crippen molar-refractivity contribution in [2.24, 2.45) is 23.6 Å². The molecule has 1 saturated heterocycles. The van der Waals surface area contributed by atoms with Crippen molar-refractivity contribution in [1.29, 1.82) is 0 Å². The minimum Gasteiger partial charge on any atom is -0.381 e. The molecule has 112 valence electrons. The molecule has 3 nitrogen and oxygen atoms in total. The number of hydrazine groups is 1. The van der Waals surface area contributed by atoms with Gasteiger partial charge in [-0.05, 0) is 43.9 Å². The fourth-order valence-corrected chi connectivity index (χ4v) is 3.56. The highest BCUT2D eigenvalue weighted by Crippen LogP contribution is 2.42. The quantitative estimate of drug-likeness (QED) is 0.617. The Labute approximate surface area is 112 Å². The second-order valence-electron chi connectivity index (χ2n) is 5.83. The molecule has 0 aromatic carbocycles. The van der Waals surface area contributed by atoms with E-state index in [4.69, 9.17) is 10.6 Å². The maximum absolute atomic E-state index is 12.8. The second-order valence-corrected chi connectivity index (χ2v) is 5.83. The molecule has 0 radical (unpaired) electrons. The molecule has 2 aliphatic rings. The number of ether oxygens (including phenoxy) is 1. The Kier molecular flexibility index (Phi) is 5.09. The lowest BCUT2D eigenvalue weighted by Gasteiger charge is -2.39. The van der Waals surface area contributed by atoms with Gasteiger partial charge in [0.2, 0.25) is 0 Å². The summed E-state index contributed by atoms with van der Waals surface area (Å²) in [6.07, 6.45) is -0.174. The van der Waals surface area contributed by atoms with E-state index >= 15 is 0 Å². The molecule has 1 aliphatic heterocycles. The van der Waals surface area contributed by atoms with E-state index in [1.807, 2.05) is 0 Å². The Bertz CT molecular complexity index is 280. The maximum Gasteiger partial charge on any atom is 0.391 e. The van der Waals surface area contributed by atoms with Crippen LogP contribution in [0.3, 0.4) is 0 Å². The molecule has 19 heavy (non-hydrogen) atoms. The molecule has 4 atom stereocenters. The summed E-state index contributed by atoms with van der Waals surface area (Å²) in [6.45, 7) is 1.37. The molecule has 4 unspecified atom stereocenters. The Hall–Kier alpha value is -0.330. The first kappa shape index (κ1) is 15.1. The van der Waals surface area contributed by atoms with Crippen LogP contribution >= 0.6 is 0 Å². The van der Waals surface area contributed by atoms with E-state index in [0.717, 1.165) is 25.9 Å². The van der Waals surface area contributed by atoms with Gasteiger partial charge in [-0.3, -0.25) is 11.3 Å². The van der Waals surface area contributed by atoms with Crippen LogP contribution in [0.4, 0.5) is 13.2 Å². The number of hydrogen-bond donors (Lipinski definition) is 2. The summed E-state index contributed by atoms with van der Waals surface area (Å²) >= 11 is 0. The third kappa shape index (κ3) is 3.83. The zero-order valence-electron chi connectivity index (χ0n) is 11.1. The van der Waals surface area contributed by atoms with Crippen molar-refractivity contribution in [3.05, 3.63) is 0 Å². The van der Waals surface area contributed by atoms with Gasteiger partial charge in [-0.15, -0.1) is 0 Å². The van der Waals surface area contributed by atoms with Gasteiger partial charge >= 0.3 is 6.18 Å². The van der Waals surface area contributed by atoms with Crippen molar-refractivity contribution in [3.8, 4) is 0 Å². The van der Waals surface area contributed by atoms with E-state index < -0.39 is 12.1 Å². The molecule has 2 rings (SSSR count). The van der Waals surface area contributed by atoms with Gasteiger partial charge in [0, 0.05) is 12.6 Å². The predicted molar refractivity (Wildman–Crippen MR) is 66.2 cm³/mol. The molecule has 1 heterocycles. The molecule has 1 saturated carbocycles. The lowest BCUT2D eigenvalue weighted by atomic mass is 9.73. The summed E-state index contributed by atoms with van der Waals surface area (Å²) < 4.78 is 44.0. The van der Waals surface area contributed by atoms with E-state index in [0.29, 0.717) is 13.0 Å². The summed E-state index contributed by atoms with van der Waals surface area (Å²) in [5.41, 5.74) is 2.77. The van der Waals surface area contributed by atoms with E-state index in [1.165, 1.54) is 0 Å². The summed E-state index contributed by atoms with van der Waals surface area (Å²) in [5, 5.41) is 0. The first-order chi connectivity index (χ1) is 9.02. The highest BCUT2D eigenvalue weighted by molar-refractivity contribution is 4.88. The average molecular weight is 280 g/mol. The van der Waals surface area contributed by atoms with Crippen molar-refractivity contribution < 1.29 is 17.9 Å². The van der Waals surface area contributed by atoms with Crippen LogP contribution in [0.5, 0.6) is 0 Å². The molecule has 3 N–H and O–H groups in total. The fourth-order valence-electron chi connectivity index (χ4n) is 3.56. The van der Waals surface area contributed by atoms with Crippen LogP contribution in [0.25, 0.3) is 0 Å². The minimum absolute atomic E-state index is 0.0112. The molecule has 0 spiro atoms. The Balaban J connectivity index is 1.97. The van der Waals surface area contributed by atoms with Crippen molar-refractivity contribution >= 4 is 0 Å². The van der Waals surface area contributed by atoms with Gasteiger partial charge in [-0.1, -0.05) is 6.42 Å². The minimum atomic E-state index is -4.07. The first-order valence-corrected chi connectivity index (χ1v) is 7.13. The van der Waals surface area contributed by atoms with Gasteiger partial charge in [-0.25, -0.2) is 0 Å². The number of nitrogens with two attached hydrogens (primary N) is 1. The summed E-state index contributed by atoms with van der Waals surface area (Å²) in [5.74, 6) is 4.70. The van der Waals surface area contributed by atoms with Crippen LogP contribution in [0.1, 0.15) is 38.5 Å². The number of halogens is 3. The van der Waals surface area contributed by atoms with Gasteiger partial charge in [0.05, 0.1) is 12.5 Å². The topological polar surface area (TPSA) is 47.3 Å². The lowest BCUT2D eigenvalue weighted by Crippen LogP contribution is -2.50. The number of rotatable bonds is 3. The third-order valence-electron chi connectivity index (χ3n) is 4.58. The average Bonchev–Trinajstić information content (AvgIpc) is 2.40. The van der Waals surface area contributed by atoms with Crippen molar-refractivity contribution in [3.63, 3.8) is 0 Å². The van der Waals surface area contributed by atoms with Crippen molar-refractivity contribution in [2.75, 3.05) is 13.2 Å². The Morgan fingerprint density at radius 1 is 1.11 bits per heavy atom. The normalized spacial score (nSPS) is 35.1. The van der Waals surface area contributed by atoms with Crippen LogP contribution in [-0.4, -0.2) is 25.4 Å². The first-order valence-electron chi connectivity index (χ1n) is 7.13. The van der Waals surface area contributed by atoms with Crippen LogP contribution in [0.15, 0.2) is 0 Å². The van der Waals surface area contributed by atoms with Crippen molar-refractivity contribution in [2.45, 2.75) is 50.7 Å². The molecule has 0 bridgehead atoms. The number of hydrogen-bond acceptors (Lipinski definition) is 3. The number of nitrogens with one attached hydrogen (secondary N) is 1. The second kappa shape index (κ2) is 6.41. The molecule has 6 heteroatoms. The fraction of sp³-hybridized carbons (Fsp3) is 1.00. The van der Waals surface area contributed by atoms with Crippen LogP contribution < -0.4 is 11.3 Å². The van der Waals surface area contributed by atoms with Gasteiger partial charge in [0.15, 0.2) is 0 Å². The predicted octanol–water partition coefficient (Wildman–Crippen LogP) is 2.61. The van der Waals surface area contributed by atoms with Gasteiger partial charge in [0.1, 0.15) is 0 Å². The highest BCUT2D eigenvalue weighted by atomic mass is 19.4. The zero-order valence-corrected chi connectivity index (χ0v) is 11.1. The Morgan fingerprint density at radius 2 is 1.84 bits per heavy atom. The lowest BCUT2D eigenvalue weighted by molar-refractivity contribution is -0.187. The molecule has 2 fully saturated rings. The van der Waals surface area contributed by atoms with Gasteiger partial charge in [0.25, 0.3) is 0 Å². The van der Waals surface area contributed by atoms with E-state index in [9.17, 15) is 13.2 Å². The van der Waals surface area contributed by atoms with Crippen LogP contribution in [0, 0.1) is 17.8 Å². The van der Waals surface area contributed by atoms with E-state index in [2.05, 4.69) is 5.43 Å². The summed E-state index contributed by atoms with van der Waals surface area (Å²) in [6, 6.07) is -0.0505.